The lowest BCUT2D eigenvalue weighted by Gasteiger charge is -2.38. The van der Waals surface area contributed by atoms with Gasteiger partial charge in [0.05, 0.1) is 52.0 Å². The molecular formula is C26H21N3O4. The second-order valence-electron chi connectivity index (χ2n) is 7.80. The molecule has 1 fully saturated rings. The maximum atomic E-state index is 14.1. The zero-order valence-electron chi connectivity index (χ0n) is 37.0. The molecule has 0 saturated carbocycles. The van der Waals surface area contributed by atoms with Gasteiger partial charge in [-0.3, -0.25) is 4.79 Å². The first-order valence-electron chi connectivity index (χ1n) is 19.8. The van der Waals surface area contributed by atoms with Crippen molar-refractivity contribution in [1.82, 2.24) is 14.4 Å². The number of hydrogen-bond donors (Lipinski definition) is 3. The summed E-state index contributed by atoms with van der Waals surface area (Å²) in [6, 6.07) is -8.26. The van der Waals surface area contributed by atoms with Crippen molar-refractivity contribution < 1.29 is 45.8 Å². The molecule has 7 nitrogen and oxygen atoms in total. The quantitative estimate of drug-likeness (QED) is 0.385. The number of hydrogen-bond acceptors (Lipinski definition) is 4. The highest BCUT2D eigenvalue weighted by atomic mass is 16.6. The van der Waals surface area contributed by atoms with Crippen LogP contribution in [0.5, 0.6) is 0 Å². The van der Waals surface area contributed by atoms with Crippen LogP contribution in [0, 0.1) is 0 Å². The number of aromatic nitrogens is 2. The Morgan fingerprint density at radius 1 is 1.30 bits per heavy atom. The standard InChI is InChI=1S/C26H21N3O4/c1-25-26(32,12-30)10-18(33-25)28-16-8-4-2-6-13(16)20-21-15(11-27-24(21)31)19-14-7-3-5-9-17(14)29(25)23(19)22(20)28/h2-9,18,30,32H,10-12H2,1H3,(H,27,31)/i1D3,2D,3D,4D,5D,6D,7D,8D,9D,10D2,11D2,12D2,18D,30D,32D/hD. The van der Waals surface area contributed by atoms with E-state index in [0.29, 0.717) is 4.57 Å². The largest absolute Gasteiger partial charge is 0.393 e. The van der Waals surface area contributed by atoms with Crippen LogP contribution in [0.25, 0.3) is 43.6 Å². The van der Waals surface area contributed by atoms with E-state index < -0.39 is 153 Å². The molecule has 3 N–H and O–H groups in total. The van der Waals surface area contributed by atoms with E-state index in [9.17, 15) is 8.91 Å². The predicted molar refractivity (Wildman–Crippen MR) is 124 cm³/mol. The maximum absolute atomic E-state index is 14.1. The van der Waals surface area contributed by atoms with Gasteiger partial charge in [-0.15, -0.1) is 0 Å². The van der Waals surface area contributed by atoms with E-state index in [1.807, 2.05) is 0 Å². The topological polar surface area (TPSA) is 88.7 Å². The highest BCUT2D eigenvalue weighted by Gasteiger charge is 2.60. The summed E-state index contributed by atoms with van der Waals surface area (Å²) in [5.74, 6) is -1.46. The summed E-state index contributed by atoms with van der Waals surface area (Å²) in [5.41, 5.74) is -13.6. The van der Waals surface area contributed by atoms with Crippen LogP contribution in [0.1, 0.15) is 60.0 Å². The molecule has 1 saturated heterocycles. The van der Waals surface area contributed by atoms with Crippen LogP contribution in [-0.4, -0.2) is 40.3 Å². The summed E-state index contributed by atoms with van der Waals surface area (Å²) < 4.78 is 192. The second-order valence-corrected chi connectivity index (χ2v) is 7.80. The SMILES string of the molecule is [2H]OC([2H])([2H])C1(O[2H])C([2H])([2H])C2([2H])OC1(C([2H])([2H])[2H])n1c3c([2H])c([2H])c([2H])c([2H])c3c3c4c(c5c6c([2H])c([2H])c([2H])c([2H])c6n2c5c31)C(=O)N([2H])C4([2H])[2H]. The molecule has 2 bridgehead atoms. The van der Waals surface area contributed by atoms with E-state index >= 15 is 0 Å². The molecule has 3 aliphatic rings. The molecule has 5 heterocycles. The minimum atomic E-state index is -4.25. The summed E-state index contributed by atoms with van der Waals surface area (Å²) >= 11 is 0. The summed E-state index contributed by atoms with van der Waals surface area (Å²) in [6.45, 7) is -11.6. The van der Waals surface area contributed by atoms with Gasteiger partial charge in [-0.2, -0.15) is 0 Å². The maximum Gasteiger partial charge on any atom is 0.252 e. The van der Waals surface area contributed by atoms with E-state index in [-0.39, 0.29) is 9.88 Å². The predicted octanol–water partition coefficient (Wildman–Crippen LogP) is 3.47. The van der Waals surface area contributed by atoms with E-state index in [4.69, 9.17) is 34.7 Å². The van der Waals surface area contributed by atoms with Gasteiger partial charge in [0.2, 0.25) is 2.86 Å². The summed E-state index contributed by atoms with van der Waals surface area (Å²) in [4.78, 5) is 14.1. The van der Waals surface area contributed by atoms with Crippen LogP contribution in [0.15, 0.2) is 48.3 Å². The monoisotopic (exact) mass is 460 g/mol. The molecule has 3 unspecified atom stereocenters. The molecule has 0 radical (unpaired) electrons. The van der Waals surface area contributed by atoms with Gasteiger partial charge in [0, 0.05) is 41.3 Å². The Morgan fingerprint density at radius 3 is 2.88 bits per heavy atom. The van der Waals surface area contributed by atoms with Crippen LogP contribution >= 0.6 is 0 Å². The van der Waals surface area contributed by atoms with E-state index in [0.717, 1.165) is 0 Å². The fourth-order valence-corrected chi connectivity index (χ4v) is 5.06. The van der Waals surface area contributed by atoms with Gasteiger partial charge < -0.3 is 29.4 Å². The van der Waals surface area contributed by atoms with Gasteiger partial charge in [-0.1, -0.05) is 36.3 Å². The van der Waals surface area contributed by atoms with Crippen LogP contribution in [0.4, 0.5) is 0 Å². The van der Waals surface area contributed by atoms with E-state index in [1.54, 1.807) is 0 Å². The van der Waals surface area contributed by atoms with Crippen LogP contribution < -0.4 is 5.31 Å². The van der Waals surface area contributed by atoms with Gasteiger partial charge in [0.1, 0.15) is 11.8 Å². The van der Waals surface area contributed by atoms with Crippen molar-refractivity contribution in [3.63, 3.8) is 0 Å². The van der Waals surface area contributed by atoms with E-state index in [1.165, 1.54) is 0 Å². The smallest absolute Gasteiger partial charge is 0.252 e. The number of aliphatic hydroxyl groups is 2. The van der Waals surface area contributed by atoms with Crippen LogP contribution in [0.2, 0.25) is 1.41 Å². The van der Waals surface area contributed by atoms with Crippen molar-refractivity contribution in [2.45, 2.75) is 37.3 Å². The molecule has 7 heteroatoms. The van der Waals surface area contributed by atoms with Gasteiger partial charge in [0.15, 0.2) is 7.14 Å². The average Bonchev–Trinajstić information content (AvgIpc) is 3.70. The van der Waals surface area contributed by atoms with E-state index in [2.05, 4.69) is 5.11 Å². The third-order valence-electron chi connectivity index (χ3n) is 6.33. The Labute approximate surface area is 217 Å². The first kappa shape index (κ1) is 7.30. The zero-order chi connectivity index (χ0) is 40.3. The Kier molecular flexibility index (Phi) is 1.19. The van der Waals surface area contributed by atoms with Crippen molar-refractivity contribution in [3.8, 4) is 0 Å². The summed E-state index contributed by atoms with van der Waals surface area (Å²) in [7, 11) is 0. The number of carbonyl (C=O) groups is 1. The average molecular weight is 461 g/mol. The van der Waals surface area contributed by atoms with Crippen molar-refractivity contribution in [2.24, 2.45) is 0 Å². The third kappa shape index (κ3) is 1.75. The normalized spacial score (nSPS) is 43.3. The number of para-hydroxylation sites is 2. The lowest BCUT2D eigenvalue weighted by molar-refractivity contribution is -0.189. The lowest BCUT2D eigenvalue weighted by atomic mass is 9.89. The van der Waals surface area contributed by atoms with Crippen molar-refractivity contribution in [3.05, 3.63) is 59.5 Å². The molecular weight excluding hydrogens is 418 g/mol. The number of ether oxygens (including phenoxy) is 1. The Balaban J connectivity index is 1.94. The summed E-state index contributed by atoms with van der Waals surface area (Å²) in [5, 5.41) is 5.90. The Bertz CT molecular complexity index is 2650. The molecule has 2 aromatic heterocycles. The minimum Gasteiger partial charge on any atom is -0.393 e. The number of carbonyl (C=O) groups excluding carboxylic acids is 1. The molecule has 0 spiro atoms. The van der Waals surface area contributed by atoms with Gasteiger partial charge in [-0.05, 0) is 24.5 Å². The number of fused-ring (bicyclic) bond motifs is 13. The van der Waals surface area contributed by atoms with Crippen molar-refractivity contribution in [2.75, 3.05) is 6.56 Å². The minimum absolute atomic E-state index is 0.170. The fraction of sp³-hybridized carbons (Fsp3) is 0.269. The number of amides is 1. The van der Waals surface area contributed by atoms with Gasteiger partial charge in [-0.25, -0.2) is 0 Å². The number of benzene rings is 3. The molecule has 0 aliphatic carbocycles. The first-order chi connectivity index (χ1) is 24.7. The molecule has 3 aromatic carbocycles. The Hall–Kier alpha value is -3.39. The van der Waals surface area contributed by atoms with Crippen LogP contribution in [-0.2, 0) is 17.0 Å². The van der Waals surface area contributed by atoms with Crippen molar-refractivity contribution >= 4 is 49.5 Å². The first-order valence-corrected chi connectivity index (χ1v) is 9.56. The molecule has 8 rings (SSSR count). The highest BCUT2D eigenvalue weighted by Crippen LogP contribution is 2.57. The number of nitrogens with zero attached hydrogens (tertiary/aromatic N) is 2. The number of nitrogens with one attached hydrogen (secondary N) is 1. The molecule has 3 aliphatic heterocycles. The molecule has 3 atom stereocenters. The second kappa shape index (κ2) is 5.39. The number of rotatable bonds is 3. The molecule has 33 heavy (non-hydrogen) atoms. The molecule has 5 aromatic rings. The molecule has 1 amide bonds. The third-order valence-corrected chi connectivity index (χ3v) is 6.33. The molecule has 164 valence electrons. The Morgan fingerprint density at radius 2 is 2.09 bits per heavy atom. The van der Waals surface area contributed by atoms with Crippen LogP contribution in [0.3, 0.4) is 0 Å². The zero-order valence-corrected chi connectivity index (χ0v) is 16.0. The van der Waals surface area contributed by atoms with Gasteiger partial charge in [0.25, 0.3) is 5.91 Å². The lowest BCUT2D eigenvalue weighted by Crippen LogP contribution is -2.53. The summed E-state index contributed by atoms with van der Waals surface area (Å²) in [6.07, 6.45) is -8.06. The fourth-order valence-electron chi connectivity index (χ4n) is 5.06. The van der Waals surface area contributed by atoms with Crippen molar-refractivity contribution in [1.29, 1.82) is 2.86 Å². The van der Waals surface area contributed by atoms with Gasteiger partial charge >= 0.3 is 0 Å². The highest BCUT2D eigenvalue weighted by molar-refractivity contribution is 6.31.